The van der Waals surface area contributed by atoms with Crippen LogP contribution < -0.4 is 4.90 Å². The van der Waals surface area contributed by atoms with Crippen molar-refractivity contribution < 1.29 is 18.1 Å². The molecule has 0 unspecified atom stereocenters. The van der Waals surface area contributed by atoms with Crippen LogP contribution in [0.3, 0.4) is 0 Å². The van der Waals surface area contributed by atoms with E-state index in [0.29, 0.717) is 49.5 Å². The van der Waals surface area contributed by atoms with Crippen LogP contribution in [0.1, 0.15) is 37.8 Å². The predicted molar refractivity (Wildman–Crippen MR) is 112 cm³/mol. The second kappa shape index (κ2) is 8.36. The van der Waals surface area contributed by atoms with Gasteiger partial charge >= 0.3 is 0 Å². The van der Waals surface area contributed by atoms with Crippen molar-refractivity contribution in [1.29, 1.82) is 0 Å². The number of benzene rings is 1. The quantitative estimate of drug-likeness (QED) is 0.775. The van der Waals surface area contributed by atoms with E-state index in [1.165, 1.54) is 22.4 Å². The predicted octanol–water partition coefficient (Wildman–Crippen LogP) is 0.569. The summed E-state index contributed by atoms with van der Waals surface area (Å²) in [5.41, 5.74) is 2.45. The maximum Gasteiger partial charge on any atom is 0.277 e. The summed E-state index contributed by atoms with van der Waals surface area (Å²) in [5, 5.41) is 0. The van der Waals surface area contributed by atoms with Crippen molar-refractivity contribution >= 4 is 15.9 Å². The van der Waals surface area contributed by atoms with E-state index >= 15 is 0 Å². The van der Waals surface area contributed by atoms with E-state index < -0.39 is 10.0 Å². The summed E-state index contributed by atoms with van der Waals surface area (Å²) >= 11 is 0. The Hall–Kier alpha value is -1.44. The van der Waals surface area contributed by atoms with E-state index in [2.05, 4.69) is 13.8 Å². The Morgan fingerprint density at radius 3 is 2.38 bits per heavy atom. The van der Waals surface area contributed by atoms with Crippen molar-refractivity contribution in [2.75, 3.05) is 45.8 Å². The Morgan fingerprint density at radius 1 is 1.03 bits per heavy atom. The van der Waals surface area contributed by atoms with Crippen LogP contribution in [0.15, 0.2) is 23.1 Å². The molecule has 160 valence electrons. The number of carbonyl (C=O) groups excluding carboxylic acids is 1. The van der Waals surface area contributed by atoms with E-state index in [4.69, 9.17) is 0 Å². The number of amides is 1. The summed E-state index contributed by atoms with van der Waals surface area (Å²) in [6.07, 6.45) is 4.37. The third kappa shape index (κ3) is 4.52. The normalized spacial score (nSPS) is 28.3. The highest BCUT2D eigenvalue weighted by Gasteiger charge is 2.33. The molecule has 0 spiro atoms. The van der Waals surface area contributed by atoms with Crippen molar-refractivity contribution in [2.24, 2.45) is 11.8 Å². The molecule has 1 aliphatic carbocycles. The Balaban J connectivity index is 1.34. The van der Waals surface area contributed by atoms with Crippen LogP contribution in [0.2, 0.25) is 0 Å². The molecule has 0 aromatic heterocycles. The summed E-state index contributed by atoms with van der Waals surface area (Å²) in [6, 6.07) is 5.58. The highest BCUT2D eigenvalue weighted by molar-refractivity contribution is 7.89. The van der Waals surface area contributed by atoms with Gasteiger partial charge in [0.25, 0.3) is 5.91 Å². The van der Waals surface area contributed by atoms with Crippen LogP contribution in [0.5, 0.6) is 0 Å². The maximum atomic E-state index is 13.1. The van der Waals surface area contributed by atoms with Crippen LogP contribution in [0.4, 0.5) is 0 Å². The summed E-state index contributed by atoms with van der Waals surface area (Å²) in [6.45, 7) is 8.92. The van der Waals surface area contributed by atoms with Gasteiger partial charge in [0.15, 0.2) is 6.54 Å². The fraction of sp³-hybridized carbons (Fsp3) is 0.682. The number of hydrogen-bond acceptors (Lipinski definition) is 3. The minimum absolute atomic E-state index is 0.163. The molecule has 2 atom stereocenters. The van der Waals surface area contributed by atoms with Crippen LogP contribution in [0, 0.1) is 11.8 Å². The highest BCUT2D eigenvalue weighted by atomic mass is 32.2. The monoisotopic (exact) mass is 420 g/mol. The maximum absolute atomic E-state index is 13.1. The number of fused-ring (bicyclic) bond motifs is 1. The lowest BCUT2D eigenvalue weighted by Gasteiger charge is -2.36. The molecule has 1 amide bonds. The van der Waals surface area contributed by atoms with E-state index in [1.54, 1.807) is 10.4 Å². The van der Waals surface area contributed by atoms with Gasteiger partial charge in [0.1, 0.15) is 0 Å². The first-order valence-corrected chi connectivity index (χ1v) is 12.5. The first kappa shape index (κ1) is 20.8. The van der Waals surface area contributed by atoms with Gasteiger partial charge in [-0.25, -0.2) is 8.42 Å². The molecule has 0 radical (unpaired) electrons. The fourth-order valence-corrected chi connectivity index (χ4v) is 6.90. The van der Waals surface area contributed by atoms with Gasteiger partial charge in [0.05, 0.1) is 18.0 Å². The van der Waals surface area contributed by atoms with Gasteiger partial charge in [-0.3, -0.25) is 4.79 Å². The molecule has 1 aromatic rings. The smallest absolute Gasteiger partial charge is 0.277 e. The third-order valence-electron chi connectivity index (χ3n) is 6.78. The Kier molecular flexibility index (Phi) is 6.00. The average Bonchev–Trinajstić information content (AvgIpc) is 3.15. The highest BCUT2D eigenvalue weighted by Crippen LogP contribution is 2.26. The minimum Gasteiger partial charge on any atom is -0.335 e. The van der Waals surface area contributed by atoms with Crippen molar-refractivity contribution in [3.8, 4) is 0 Å². The summed E-state index contributed by atoms with van der Waals surface area (Å²) < 4.78 is 27.7. The minimum atomic E-state index is -3.48. The standard InChI is InChI=1S/C22H33N3O3S/c1-17-12-18(2)15-23(14-17)16-22(26)24-8-10-25(11-9-24)29(27,28)21-7-6-19-4-3-5-20(19)13-21/h6-7,13,17-18H,3-5,8-12,14-16H2,1-2H3/p+1/t17-,18-/m0/s1. The van der Waals surface area contributed by atoms with Gasteiger partial charge in [-0.2, -0.15) is 4.31 Å². The molecule has 1 N–H and O–H groups in total. The molecule has 3 aliphatic rings. The van der Waals surface area contributed by atoms with Gasteiger partial charge in [-0.1, -0.05) is 19.9 Å². The van der Waals surface area contributed by atoms with Crippen LogP contribution in [-0.4, -0.2) is 69.3 Å². The number of likely N-dealkylation sites (tertiary alicyclic amines) is 1. The zero-order valence-electron chi connectivity index (χ0n) is 17.7. The Labute approximate surface area is 174 Å². The largest absolute Gasteiger partial charge is 0.335 e. The molecule has 4 rings (SSSR count). The summed E-state index contributed by atoms with van der Waals surface area (Å²) in [5.74, 6) is 1.49. The number of nitrogens with zero attached hydrogens (tertiary/aromatic N) is 2. The zero-order chi connectivity index (χ0) is 20.6. The van der Waals surface area contributed by atoms with Gasteiger partial charge in [-0.15, -0.1) is 0 Å². The van der Waals surface area contributed by atoms with Crippen LogP contribution >= 0.6 is 0 Å². The molecule has 0 bridgehead atoms. The number of aryl methyl sites for hydroxylation is 2. The summed E-state index contributed by atoms with van der Waals surface area (Å²) in [4.78, 5) is 16.4. The number of piperidine rings is 1. The molecule has 29 heavy (non-hydrogen) atoms. The fourth-order valence-electron chi connectivity index (χ4n) is 5.43. The topological polar surface area (TPSA) is 62.1 Å². The molecule has 1 aromatic carbocycles. The molecular formula is C22H34N3O3S+. The lowest BCUT2D eigenvalue weighted by Crippen LogP contribution is -3.15. The van der Waals surface area contributed by atoms with E-state index in [9.17, 15) is 13.2 Å². The SMILES string of the molecule is C[C@H]1C[C@H](C)C[NH+](CC(=O)N2CCN(S(=O)(=O)c3ccc4c(c3)CCC4)CC2)C1. The number of sulfonamides is 1. The molecule has 0 saturated carbocycles. The molecule has 2 aliphatic heterocycles. The first-order valence-electron chi connectivity index (χ1n) is 11.1. The van der Waals surface area contributed by atoms with Crippen molar-refractivity contribution in [2.45, 2.75) is 44.4 Å². The van der Waals surface area contributed by atoms with E-state index in [0.717, 1.165) is 32.4 Å². The molecule has 2 saturated heterocycles. The van der Waals surface area contributed by atoms with E-state index in [-0.39, 0.29) is 5.91 Å². The number of piperazine rings is 1. The number of rotatable bonds is 4. The van der Waals surface area contributed by atoms with Crippen LogP contribution in [0.25, 0.3) is 0 Å². The van der Waals surface area contributed by atoms with Crippen molar-refractivity contribution in [1.82, 2.24) is 9.21 Å². The number of nitrogens with one attached hydrogen (secondary N) is 1. The van der Waals surface area contributed by atoms with Gasteiger partial charge in [0.2, 0.25) is 10.0 Å². The molecular weight excluding hydrogens is 386 g/mol. The molecule has 2 heterocycles. The number of carbonyl (C=O) groups is 1. The van der Waals surface area contributed by atoms with Gasteiger partial charge in [0, 0.05) is 38.0 Å². The Morgan fingerprint density at radius 2 is 1.69 bits per heavy atom. The van der Waals surface area contributed by atoms with Crippen molar-refractivity contribution in [3.63, 3.8) is 0 Å². The second-order valence-corrected chi connectivity index (χ2v) is 11.3. The third-order valence-corrected chi connectivity index (χ3v) is 8.67. The average molecular weight is 421 g/mol. The summed E-state index contributed by atoms with van der Waals surface area (Å²) in [7, 11) is -3.48. The first-order chi connectivity index (χ1) is 13.8. The van der Waals surface area contributed by atoms with Crippen LogP contribution in [-0.2, 0) is 27.7 Å². The lowest BCUT2D eigenvalue weighted by atomic mass is 9.92. The number of quaternary nitrogens is 1. The zero-order valence-corrected chi connectivity index (χ0v) is 18.5. The lowest BCUT2D eigenvalue weighted by molar-refractivity contribution is -0.904. The van der Waals surface area contributed by atoms with Crippen molar-refractivity contribution in [3.05, 3.63) is 29.3 Å². The molecule has 2 fully saturated rings. The molecule has 7 heteroatoms. The Bertz CT molecular complexity index is 852. The van der Waals surface area contributed by atoms with Gasteiger partial charge in [-0.05, 0) is 48.9 Å². The number of hydrogen-bond donors (Lipinski definition) is 1. The second-order valence-electron chi connectivity index (χ2n) is 9.35. The molecule has 6 nitrogen and oxygen atoms in total. The van der Waals surface area contributed by atoms with E-state index in [1.807, 2.05) is 17.0 Å². The van der Waals surface area contributed by atoms with Gasteiger partial charge < -0.3 is 9.80 Å².